The number of piperazine rings is 3. The van der Waals surface area contributed by atoms with E-state index in [4.69, 9.17) is 0 Å². The van der Waals surface area contributed by atoms with Crippen LogP contribution >= 0.6 is 0 Å². The smallest absolute Gasteiger partial charge is 0.129 e. The molecule has 2 bridgehead atoms. The van der Waals surface area contributed by atoms with Gasteiger partial charge in [0.1, 0.15) is 39.3 Å². The molecule has 0 aliphatic carbocycles. The Hall–Kier alpha value is -0.160. The predicted molar refractivity (Wildman–Crippen MR) is 78.4 cm³/mol. The molecule has 19 heavy (non-hydrogen) atoms. The molecule has 0 unspecified atom stereocenters. The van der Waals surface area contributed by atoms with Crippen LogP contribution in [0.5, 0.6) is 0 Å². The fourth-order valence-corrected chi connectivity index (χ4v) is 4.02. The second kappa shape index (κ2) is 6.53. The summed E-state index contributed by atoms with van der Waals surface area (Å²) in [4.78, 5) is 0. The van der Waals surface area contributed by atoms with Gasteiger partial charge in [-0.05, 0) is 13.8 Å². The van der Waals surface area contributed by atoms with E-state index in [0.29, 0.717) is 0 Å². The molecule has 0 saturated carbocycles. The Balaban J connectivity index is 1.69. The third kappa shape index (κ3) is 3.48. The Morgan fingerprint density at radius 1 is 0.947 bits per heavy atom. The normalized spacial score (nSPS) is 34.1. The first-order chi connectivity index (χ1) is 9.13. The number of nitrogens with two attached hydrogens (primary N) is 1. The number of quaternary nitrogens is 4. The van der Waals surface area contributed by atoms with Crippen molar-refractivity contribution in [1.29, 1.82) is 0 Å². The van der Waals surface area contributed by atoms with Crippen LogP contribution in [0.2, 0.25) is 0 Å². The summed E-state index contributed by atoms with van der Waals surface area (Å²) in [6.07, 6.45) is 2.67. The number of rotatable bonds is 8. The lowest BCUT2D eigenvalue weighted by Gasteiger charge is -2.57. The molecule has 4 nitrogen and oxygen atoms in total. The maximum Gasteiger partial charge on any atom is 0.129 e. The molecule has 3 aliphatic heterocycles. The van der Waals surface area contributed by atoms with Crippen LogP contribution in [0.15, 0.2) is 0 Å². The SMILES string of the molecule is CC(C)[N+]12CC[N+](CCC[NH2+]CCC[NH3+])(CC1)CC2. The van der Waals surface area contributed by atoms with Gasteiger partial charge in [-0.15, -0.1) is 0 Å². The molecule has 0 radical (unpaired) electrons. The zero-order valence-electron chi connectivity index (χ0n) is 13.2. The Morgan fingerprint density at radius 3 is 2.05 bits per heavy atom. The molecule has 0 aromatic carbocycles. The second-order valence-electron chi connectivity index (χ2n) is 7.15. The maximum atomic E-state index is 3.90. The summed E-state index contributed by atoms with van der Waals surface area (Å²) < 4.78 is 2.85. The van der Waals surface area contributed by atoms with Crippen molar-refractivity contribution < 1.29 is 20.0 Å². The summed E-state index contributed by atoms with van der Waals surface area (Å²) in [5, 5.41) is 2.49. The average Bonchev–Trinajstić information content (AvgIpc) is 2.44. The molecule has 3 heterocycles. The third-order valence-corrected chi connectivity index (χ3v) is 5.85. The van der Waals surface area contributed by atoms with Crippen molar-refractivity contribution in [3.05, 3.63) is 0 Å². The number of hydrogen-bond acceptors (Lipinski definition) is 0. The van der Waals surface area contributed by atoms with Gasteiger partial charge in [0.2, 0.25) is 0 Å². The second-order valence-corrected chi connectivity index (χ2v) is 7.15. The number of nitrogens with zero attached hydrogens (tertiary/aromatic N) is 2. The van der Waals surface area contributed by atoms with Crippen LogP contribution in [0.4, 0.5) is 0 Å². The van der Waals surface area contributed by atoms with Crippen LogP contribution in [-0.4, -0.2) is 80.5 Å². The third-order valence-electron chi connectivity index (χ3n) is 5.85. The van der Waals surface area contributed by atoms with Crippen LogP contribution in [0, 0.1) is 0 Å². The van der Waals surface area contributed by atoms with Gasteiger partial charge in [-0.3, -0.25) is 0 Å². The Labute approximate surface area is 119 Å². The van der Waals surface area contributed by atoms with E-state index in [1.165, 1.54) is 80.7 Å². The minimum Gasteiger partial charge on any atom is -0.357 e. The van der Waals surface area contributed by atoms with Crippen molar-refractivity contribution in [1.82, 2.24) is 0 Å². The number of hydrogen-bond donors (Lipinski definition) is 2. The van der Waals surface area contributed by atoms with Gasteiger partial charge in [-0.2, -0.15) is 0 Å². The summed E-state index contributed by atoms with van der Waals surface area (Å²) >= 11 is 0. The molecular weight excluding hydrogens is 236 g/mol. The molecule has 0 spiro atoms. The monoisotopic (exact) mass is 272 g/mol. The van der Waals surface area contributed by atoms with Gasteiger partial charge in [-0.25, -0.2) is 0 Å². The summed E-state index contributed by atoms with van der Waals surface area (Å²) in [5.41, 5.74) is 3.90. The van der Waals surface area contributed by atoms with Crippen LogP contribution in [0.1, 0.15) is 26.7 Å². The first-order valence-corrected chi connectivity index (χ1v) is 8.44. The summed E-state index contributed by atoms with van der Waals surface area (Å²) in [6, 6.07) is 0.832. The van der Waals surface area contributed by atoms with Gasteiger partial charge in [0.05, 0.1) is 32.2 Å². The molecule has 0 atom stereocenters. The van der Waals surface area contributed by atoms with Crippen LogP contribution in [0.3, 0.4) is 0 Å². The molecular formula is C15H36N4+4. The molecule has 3 saturated heterocycles. The minimum absolute atomic E-state index is 0.832. The van der Waals surface area contributed by atoms with E-state index in [1.807, 2.05) is 0 Å². The molecule has 3 aliphatic rings. The molecule has 3 rings (SSSR count). The highest BCUT2D eigenvalue weighted by atomic mass is 15.5. The molecule has 0 amide bonds. The fraction of sp³-hybridized carbons (Fsp3) is 1.00. The van der Waals surface area contributed by atoms with Gasteiger partial charge in [0, 0.05) is 12.8 Å². The van der Waals surface area contributed by atoms with Gasteiger partial charge >= 0.3 is 0 Å². The van der Waals surface area contributed by atoms with Crippen molar-refractivity contribution >= 4 is 0 Å². The lowest BCUT2D eigenvalue weighted by Crippen LogP contribution is -2.85. The Kier molecular flexibility index (Phi) is 5.23. The summed E-state index contributed by atoms with van der Waals surface area (Å²) in [5.74, 6) is 0. The van der Waals surface area contributed by atoms with Crippen molar-refractivity contribution in [2.24, 2.45) is 0 Å². The van der Waals surface area contributed by atoms with E-state index in [1.54, 1.807) is 0 Å². The zero-order valence-corrected chi connectivity index (χ0v) is 13.2. The van der Waals surface area contributed by atoms with Gasteiger partial charge < -0.3 is 20.0 Å². The summed E-state index contributed by atoms with van der Waals surface area (Å²) in [6.45, 7) is 18.6. The maximum absolute atomic E-state index is 3.90. The van der Waals surface area contributed by atoms with Gasteiger partial charge in [0.25, 0.3) is 0 Å². The van der Waals surface area contributed by atoms with E-state index in [0.717, 1.165) is 12.6 Å². The quantitative estimate of drug-likeness (QED) is 0.405. The van der Waals surface area contributed by atoms with Gasteiger partial charge in [-0.1, -0.05) is 0 Å². The van der Waals surface area contributed by atoms with E-state index in [9.17, 15) is 0 Å². The Morgan fingerprint density at radius 2 is 1.53 bits per heavy atom. The fourth-order valence-electron chi connectivity index (χ4n) is 4.02. The molecule has 3 fully saturated rings. The lowest BCUT2D eigenvalue weighted by molar-refractivity contribution is -1.09. The minimum atomic E-state index is 0.832. The van der Waals surface area contributed by atoms with E-state index < -0.39 is 0 Å². The van der Waals surface area contributed by atoms with E-state index in [2.05, 4.69) is 24.9 Å². The van der Waals surface area contributed by atoms with Crippen molar-refractivity contribution in [2.45, 2.75) is 32.7 Å². The standard InChI is InChI=1S/C15H34N4/c1-15(2)19-12-9-18(10-13-19,11-14-19)8-4-7-17-6-3-5-16/h15,17H,3-14,16H2,1-2H3/q+2/p+2. The van der Waals surface area contributed by atoms with Crippen molar-refractivity contribution in [3.8, 4) is 0 Å². The lowest BCUT2D eigenvalue weighted by atomic mass is 10.0. The van der Waals surface area contributed by atoms with Crippen LogP contribution in [0.25, 0.3) is 0 Å². The van der Waals surface area contributed by atoms with Crippen LogP contribution in [-0.2, 0) is 0 Å². The van der Waals surface area contributed by atoms with E-state index in [-0.39, 0.29) is 0 Å². The highest BCUT2D eigenvalue weighted by Crippen LogP contribution is 2.29. The molecule has 4 heteroatoms. The molecule has 112 valence electrons. The first-order valence-electron chi connectivity index (χ1n) is 8.44. The van der Waals surface area contributed by atoms with Crippen LogP contribution < -0.4 is 11.1 Å². The molecule has 0 aromatic rings. The zero-order chi connectivity index (χ0) is 13.8. The average molecular weight is 272 g/mol. The number of fused-ring (bicyclic) bond motifs is 3. The predicted octanol–water partition coefficient (Wildman–Crippen LogP) is -1.36. The highest BCUT2D eigenvalue weighted by Gasteiger charge is 2.49. The molecule has 5 N–H and O–H groups in total. The van der Waals surface area contributed by atoms with Crippen molar-refractivity contribution in [2.75, 3.05) is 65.4 Å². The van der Waals surface area contributed by atoms with Gasteiger partial charge in [0.15, 0.2) is 0 Å². The summed E-state index contributed by atoms with van der Waals surface area (Å²) in [7, 11) is 0. The van der Waals surface area contributed by atoms with Crippen molar-refractivity contribution in [3.63, 3.8) is 0 Å². The first kappa shape index (κ1) is 15.2. The highest BCUT2D eigenvalue weighted by molar-refractivity contribution is 4.64. The van der Waals surface area contributed by atoms with E-state index >= 15 is 0 Å². The Bertz CT molecular complexity index is 253. The topological polar surface area (TPSA) is 44.2 Å². The largest absolute Gasteiger partial charge is 0.357 e. The molecule has 0 aromatic heterocycles.